The summed E-state index contributed by atoms with van der Waals surface area (Å²) in [5.41, 5.74) is 2.77. The van der Waals surface area contributed by atoms with Crippen LogP contribution in [0.2, 0.25) is 5.02 Å². The van der Waals surface area contributed by atoms with E-state index in [4.69, 9.17) is 21.3 Å². The highest BCUT2D eigenvalue weighted by Crippen LogP contribution is 2.21. The van der Waals surface area contributed by atoms with Crippen LogP contribution in [0.3, 0.4) is 0 Å². The number of nitrogens with zero attached hydrogens (tertiary/aromatic N) is 2. The van der Waals surface area contributed by atoms with E-state index in [2.05, 4.69) is 26.3 Å². The Morgan fingerprint density at radius 2 is 1.88 bits per heavy atom. The lowest BCUT2D eigenvalue weighted by atomic mass is 10.1. The molecular formula is C19H16BrClN4O+2. The maximum Gasteiger partial charge on any atom is 0.329 e. The lowest BCUT2D eigenvalue weighted by Gasteiger charge is -2.16. The van der Waals surface area contributed by atoms with Crippen molar-refractivity contribution in [3.05, 3.63) is 81.3 Å². The number of quaternary nitrogens is 2. The van der Waals surface area contributed by atoms with Gasteiger partial charge < -0.3 is 4.74 Å². The van der Waals surface area contributed by atoms with E-state index in [1.165, 1.54) is 0 Å². The van der Waals surface area contributed by atoms with Gasteiger partial charge in [0, 0.05) is 22.7 Å². The lowest BCUT2D eigenvalue weighted by Crippen LogP contribution is -3.13. The predicted molar refractivity (Wildman–Crippen MR) is 106 cm³/mol. The molecule has 0 spiro atoms. The molecule has 2 aliphatic heterocycles. The summed E-state index contributed by atoms with van der Waals surface area (Å²) in [6.45, 7) is 0. The van der Waals surface area contributed by atoms with Gasteiger partial charge in [-0.2, -0.15) is 4.99 Å². The lowest BCUT2D eigenvalue weighted by molar-refractivity contribution is -0.906. The van der Waals surface area contributed by atoms with E-state index in [0.717, 1.165) is 43.8 Å². The largest absolute Gasteiger partial charge is 0.497 e. The molecule has 4 rings (SSSR count). The molecule has 7 heteroatoms. The van der Waals surface area contributed by atoms with Gasteiger partial charge in [-0.1, -0.05) is 39.9 Å². The number of benzene rings is 2. The summed E-state index contributed by atoms with van der Waals surface area (Å²) in [7, 11) is 1.66. The Morgan fingerprint density at radius 3 is 2.62 bits per heavy atom. The monoisotopic (exact) mass is 430 g/mol. The fraction of sp³-hybridized carbons (Fsp3) is 0.0526. The van der Waals surface area contributed by atoms with Crippen LogP contribution >= 0.6 is 27.5 Å². The van der Waals surface area contributed by atoms with Crippen molar-refractivity contribution in [1.29, 1.82) is 0 Å². The summed E-state index contributed by atoms with van der Waals surface area (Å²) < 4.78 is 6.09. The molecule has 2 aromatic carbocycles. The van der Waals surface area contributed by atoms with Gasteiger partial charge in [-0.3, -0.25) is 0 Å². The number of aliphatic imine (C=N–C) groups is 1. The molecule has 2 heterocycles. The molecule has 0 fully saturated rings. The Hall–Kier alpha value is -2.25. The number of ether oxygens (including phenoxy) is 1. The zero-order valence-corrected chi connectivity index (χ0v) is 16.3. The average Bonchev–Trinajstić information content (AvgIpc) is 3.04. The number of halogens is 2. The molecule has 130 valence electrons. The van der Waals surface area contributed by atoms with Crippen LogP contribution in [0.5, 0.6) is 5.75 Å². The van der Waals surface area contributed by atoms with E-state index < -0.39 is 0 Å². The van der Waals surface area contributed by atoms with E-state index in [1.807, 2.05) is 54.6 Å². The van der Waals surface area contributed by atoms with Crippen LogP contribution in [0.1, 0.15) is 5.56 Å². The Balaban J connectivity index is 1.73. The molecule has 26 heavy (non-hydrogen) atoms. The van der Waals surface area contributed by atoms with E-state index in [1.54, 1.807) is 13.3 Å². The van der Waals surface area contributed by atoms with Crippen LogP contribution in [0.25, 0.3) is 0 Å². The smallest absolute Gasteiger partial charge is 0.329 e. The minimum absolute atomic E-state index is 0.672. The predicted octanol–water partition coefficient (Wildman–Crippen LogP) is 2.34. The summed E-state index contributed by atoms with van der Waals surface area (Å²) >= 11 is 9.92. The SMILES string of the molecule is COc1ccc([NH2+]C2=CC(c3ccccc3Cl)=NC3=C(Br)C=N[NH+]23)cc1. The van der Waals surface area contributed by atoms with Gasteiger partial charge in [0.15, 0.2) is 0 Å². The second kappa shape index (κ2) is 7.17. The molecule has 0 radical (unpaired) electrons. The van der Waals surface area contributed by atoms with Gasteiger partial charge in [0.25, 0.3) is 5.82 Å². The van der Waals surface area contributed by atoms with Gasteiger partial charge in [-0.05, 0) is 34.1 Å². The molecule has 2 aliphatic rings. The number of nitrogens with one attached hydrogen (secondary N) is 1. The summed E-state index contributed by atoms with van der Waals surface area (Å²) in [6, 6.07) is 15.6. The first-order chi connectivity index (χ1) is 12.7. The molecule has 0 aromatic heterocycles. The summed E-state index contributed by atoms with van der Waals surface area (Å²) in [5, 5.41) is 8.12. The molecule has 0 saturated heterocycles. The summed E-state index contributed by atoms with van der Waals surface area (Å²) in [6.07, 6.45) is 3.80. The van der Waals surface area contributed by atoms with Crippen molar-refractivity contribution in [2.75, 3.05) is 7.11 Å². The molecule has 2 aromatic rings. The van der Waals surface area contributed by atoms with Crippen LogP contribution in [-0.2, 0) is 0 Å². The van der Waals surface area contributed by atoms with Gasteiger partial charge in [-0.25, -0.2) is 5.32 Å². The van der Waals surface area contributed by atoms with E-state index in [0.29, 0.717) is 5.02 Å². The van der Waals surface area contributed by atoms with Crippen molar-refractivity contribution >= 4 is 45.1 Å². The number of hydrogen-bond acceptors (Lipinski definition) is 3. The third-order valence-electron chi connectivity index (χ3n) is 4.14. The van der Waals surface area contributed by atoms with E-state index in [-0.39, 0.29) is 0 Å². The summed E-state index contributed by atoms with van der Waals surface area (Å²) in [5.74, 6) is 2.64. The first-order valence-electron chi connectivity index (χ1n) is 8.01. The molecule has 0 bridgehead atoms. The van der Waals surface area contributed by atoms with Crippen molar-refractivity contribution < 1.29 is 15.1 Å². The highest BCUT2D eigenvalue weighted by molar-refractivity contribution is 9.12. The average molecular weight is 432 g/mol. The van der Waals surface area contributed by atoms with Gasteiger partial charge in [0.2, 0.25) is 0 Å². The Bertz CT molecular complexity index is 979. The maximum absolute atomic E-state index is 6.38. The Morgan fingerprint density at radius 1 is 1.12 bits per heavy atom. The Kier molecular flexibility index (Phi) is 4.74. The third-order valence-corrected chi connectivity index (χ3v) is 5.05. The van der Waals surface area contributed by atoms with Crippen molar-refractivity contribution in [2.24, 2.45) is 10.1 Å². The van der Waals surface area contributed by atoms with Crippen molar-refractivity contribution in [3.63, 3.8) is 0 Å². The van der Waals surface area contributed by atoms with E-state index >= 15 is 0 Å². The fourth-order valence-electron chi connectivity index (χ4n) is 2.84. The minimum atomic E-state index is 0.672. The molecule has 0 saturated carbocycles. The normalized spacial score (nSPS) is 18.5. The number of hydrogen-bond donors (Lipinski definition) is 2. The zero-order valence-electron chi connectivity index (χ0n) is 13.9. The van der Waals surface area contributed by atoms with Crippen molar-refractivity contribution in [3.8, 4) is 5.75 Å². The second-order valence-electron chi connectivity index (χ2n) is 5.80. The van der Waals surface area contributed by atoms with Gasteiger partial charge >= 0.3 is 5.82 Å². The molecular weight excluding hydrogens is 416 g/mol. The van der Waals surface area contributed by atoms with Crippen LogP contribution < -0.4 is 15.1 Å². The minimum Gasteiger partial charge on any atom is -0.497 e. The highest BCUT2D eigenvalue weighted by Gasteiger charge is 2.36. The molecule has 3 N–H and O–H groups in total. The topological polar surface area (TPSA) is 55.0 Å². The Labute approximate surface area is 164 Å². The van der Waals surface area contributed by atoms with Crippen LogP contribution in [0, 0.1) is 0 Å². The standard InChI is InChI=1S/C19H14BrClN4O/c1-26-13-8-6-12(7-9-13)23-18-10-17(14-4-2-3-5-16(14)21)24-19-15(20)11-22-25(18)19/h2-11,23H,1H3/p+2. The van der Waals surface area contributed by atoms with E-state index in [9.17, 15) is 0 Å². The van der Waals surface area contributed by atoms with Gasteiger partial charge in [0.1, 0.15) is 22.1 Å². The fourth-order valence-corrected chi connectivity index (χ4v) is 3.45. The molecule has 1 unspecified atom stereocenters. The molecule has 5 nitrogen and oxygen atoms in total. The van der Waals surface area contributed by atoms with Crippen molar-refractivity contribution in [1.82, 2.24) is 0 Å². The van der Waals surface area contributed by atoms with Crippen molar-refractivity contribution in [2.45, 2.75) is 0 Å². The quantitative estimate of drug-likeness (QED) is 0.718. The maximum atomic E-state index is 6.38. The third kappa shape index (κ3) is 3.24. The first kappa shape index (κ1) is 17.2. The molecule has 1 atom stereocenters. The molecule has 0 aliphatic carbocycles. The summed E-state index contributed by atoms with van der Waals surface area (Å²) in [4.78, 5) is 4.76. The first-order valence-corrected chi connectivity index (χ1v) is 9.18. The van der Waals surface area contributed by atoms with Gasteiger partial charge in [-0.15, -0.1) is 0 Å². The number of allylic oxidation sites excluding steroid dienone is 2. The van der Waals surface area contributed by atoms with Crippen LogP contribution in [0.4, 0.5) is 5.69 Å². The number of methoxy groups -OCH3 is 1. The highest BCUT2D eigenvalue weighted by atomic mass is 79.9. The number of fused-ring (bicyclic) bond motifs is 1. The second-order valence-corrected chi connectivity index (χ2v) is 7.06. The van der Waals surface area contributed by atoms with Gasteiger partial charge in [0.05, 0.1) is 18.9 Å². The van der Waals surface area contributed by atoms with Crippen LogP contribution in [-0.4, -0.2) is 19.0 Å². The zero-order chi connectivity index (χ0) is 18.1. The number of rotatable bonds is 4. The van der Waals surface area contributed by atoms with Crippen LogP contribution in [0.15, 0.2) is 80.8 Å². The molecule has 0 amide bonds. The number of nitrogens with two attached hydrogens (primary N) is 1.